The minimum atomic E-state index is -4.90. The molecule has 1 fully saturated rings. The van der Waals surface area contributed by atoms with Crippen LogP contribution in [-0.4, -0.2) is 84.8 Å². The van der Waals surface area contributed by atoms with Crippen LogP contribution in [0, 0.1) is 0 Å². The summed E-state index contributed by atoms with van der Waals surface area (Å²) in [6, 6.07) is 10.8. The summed E-state index contributed by atoms with van der Waals surface area (Å²) in [5.41, 5.74) is -2.88. The molecule has 0 unspecified atom stereocenters. The Bertz CT molecular complexity index is 1440. The molecule has 0 aliphatic carbocycles. The van der Waals surface area contributed by atoms with E-state index in [9.17, 15) is 27.6 Å². The third-order valence-electron chi connectivity index (χ3n) is 8.49. The Kier molecular flexibility index (Phi) is 10.8. The number of hydrogen-bond acceptors (Lipinski definition) is 6. The number of likely N-dealkylation sites (tertiary alicyclic amines) is 1. The lowest BCUT2D eigenvalue weighted by atomic mass is 9.84. The van der Waals surface area contributed by atoms with Crippen LogP contribution < -0.4 is 9.64 Å². The molecular formula is C35H46F3N3O6. The van der Waals surface area contributed by atoms with Crippen LogP contribution in [0.15, 0.2) is 42.5 Å². The Morgan fingerprint density at radius 2 is 1.77 bits per heavy atom. The summed E-state index contributed by atoms with van der Waals surface area (Å²) in [5.74, 6) is -1.65. The Balaban J connectivity index is 1.80. The number of anilines is 1. The zero-order valence-corrected chi connectivity index (χ0v) is 28.3. The van der Waals surface area contributed by atoms with Gasteiger partial charge in [-0.3, -0.25) is 9.59 Å². The number of piperidine rings is 1. The molecule has 2 aromatic rings. The summed E-state index contributed by atoms with van der Waals surface area (Å²) >= 11 is 0. The van der Waals surface area contributed by atoms with E-state index in [0.717, 1.165) is 17.7 Å². The van der Waals surface area contributed by atoms with Crippen LogP contribution in [0.3, 0.4) is 0 Å². The number of rotatable bonds is 9. The molecule has 0 N–H and O–H groups in total. The van der Waals surface area contributed by atoms with Crippen LogP contribution in [-0.2, 0) is 20.4 Å². The highest BCUT2D eigenvalue weighted by molar-refractivity contribution is 6.05. The first-order valence-electron chi connectivity index (χ1n) is 16.1. The van der Waals surface area contributed by atoms with Crippen molar-refractivity contribution in [1.82, 2.24) is 9.80 Å². The van der Waals surface area contributed by atoms with Crippen molar-refractivity contribution in [3.63, 3.8) is 0 Å². The highest BCUT2D eigenvalue weighted by Gasteiger charge is 2.46. The monoisotopic (exact) mass is 661 g/mol. The second-order valence-corrected chi connectivity index (χ2v) is 13.5. The summed E-state index contributed by atoms with van der Waals surface area (Å²) in [6.45, 7) is 11.2. The maximum absolute atomic E-state index is 14.7. The minimum Gasteiger partial charge on any atom is -0.476 e. The molecule has 2 aliphatic rings. The summed E-state index contributed by atoms with van der Waals surface area (Å²) < 4.78 is 60.7. The number of benzene rings is 2. The molecule has 3 amide bonds. The molecule has 0 saturated carbocycles. The van der Waals surface area contributed by atoms with E-state index in [-0.39, 0.29) is 37.0 Å². The lowest BCUT2D eigenvalue weighted by Crippen LogP contribution is -2.56. The zero-order chi connectivity index (χ0) is 34.7. The van der Waals surface area contributed by atoms with Crippen LogP contribution in [0.25, 0.3) is 0 Å². The summed E-state index contributed by atoms with van der Waals surface area (Å²) in [4.78, 5) is 45.4. The van der Waals surface area contributed by atoms with Gasteiger partial charge in [0.2, 0.25) is 0 Å². The maximum Gasteiger partial charge on any atom is 0.417 e. The predicted molar refractivity (Wildman–Crippen MR) is 172 cm³/mol. The Morgan fingerprint density at radius 3 is 2.36 bits per heavy atom. The lowest BCUT2D eigenvalue weighted by Gasteiger charge is -2.44. The van der Waals surface area contributed by atoms with Crippen molar-refractivity contribution in [2.45, 2.75) is 90.1 Å². The van der Waals surface area contributed by atoms with Crippen molar-refractivity contribution < 1.29 is 41.8 Å². The van der Waals surface area contributed by atoms with E-state index < -0.39 is 52.5 Å². The second kappa shape index (κ2) is 14.1. The van der Waals surface area contributed by atoms with Crippen molar-refractivity contribution >= 4 is 23.6 Å². The maximum atomic E-state index is 14.7. The number of carbonyl (C=O) groups is 3. The first-order valence-corrected chi connectivity index (χ1v) is 16.1. The number of unbranched alkanes of at least 4 members (excludes halogenated alkanes) is 1. The zero-order valence-electron chi connectivity index (χ0n) is 28.3. The molecule has 0 radical (unpaired) electrons. The first kappa shape index (κ1) is 36.0. The van der Waals surface area contributed by atoms with Crippen LogP contribution in [0.2, 0.25) is 0 Å². The third kappa shape index (κ3) is 8.20. The Hall–Kier alpha value is -3.80. The number of ether oxygens (including phenoxy) is 3. The quantitative estimate of drug-likeness (QED) is 0.272. The van der Waals surface area contributed by atoms with Gasteiger partial charge in [0.05, 0.1) is 22.9 Å². The number of halogens is 3. The minimum absolute atomic E-state index is 0.0712. The average Bonchev–Trinajstić information content (AvgIpc) is 2.99. The van der Waals surface area contributed by atoms with Crippen molar-refractivity contribution in [3.05, 3.63) is 59.2 Å². The predicted octanol–water partition coefficient (Wildman–Crippen LogP) is 6.89. The van der Waals surface area contributed by atoms with Gasteiger partial charge in [0.15, 0.2) is 5.60 Å². The van der Waals surface area contributed by atoms with Gasteiger partial charge in [0.1, 0.15) is 11.4 Å². The van der Waals surface area contributed by atoms with Gasteiger partial charge in [-0.25, -0.2) is 4.79 Å². The van der Waals surface area contributed by atoms with Crippen molar-refractivity contribution in [2.24, 2.45) is 0 Å². The van der Waals surface area contributed by atoms with Gasteiger partial charge in [-0.05, 0) is 78.5 Å². The van der Waals surface area contributed by atoms with Gasteiger partial charge in [-0.2, -0.15) is 13.2 Å². The number of fused-ring (bicyclic) bond motifs is 1. The van der Waals surface area contributed by atoms with E-state index in [1.54, 1.807) is 34.8 Å². The van der Waals surface area contributed by atoms with E-state index in [0.29, 0.717) is 32.4 Å². The third-order valence-corrected chi connectivity index (χ3v) is 8.49. The molecule has 9 nitrogen and oxygen atoms in total. The molecule has 0 bridgehead atoms. The Morgan fingerprint density at radius 1 is 1.09 bits per heavy atom. The Labute approximate surface area is 274 Å². The normalized spacial score (nSPS) is 19.6. The van der Waals surface area contributed by atoms with Crippen molar-refractivity contribution in [2.75, 3.05) is 44.8 Å². The fourth-order valence-electron chi connectivity index (χ4n) is 6.28. The number of amides is 3. The van der Waals surface area contributed by atoms with Gasteiger partial charge < -0.3 is 28.9 Å². The van der Waals surface area contributed by atoms with Crippen LogP contribution in [0.1, 0.15) is 88.2 Å². The molecule has 4 rings (SSSR count). The summed E-state index contributed by atoms with van der Waals surface area (Å²) in [7, 11) is 1.57. The van der Waals surface area contributed by atoms with Crippen molar-refractivity contribution in [1.29, 1.82) is 0 Å². The van der Waals surface area contributed by atoms with Crippen LogP contribution in [0.5, 0.6) is 5.75 Å². The number of nitrogens with zero attached hydrogens (tertiary/aromatic N) is 3. The fraction of sp³-hybridized carbons (Fsp3) is 0.571. The fourth-order valence-corrected chi connectivity index (χ4v) is 6.28. The van der Waals surface area contributed by atoms with E-state index in [1.165, 1.54) is 28.5 Å². The van der Waals surface area contributed by atoms with Crippen LogP contribution in [0.4, 0.5) is 23.7 Å². The van der Waals surface area contributed by atoms with Gasteiger partial charge in [-0.15, -0.1) is 0 Å². The molecule has 47 heavy (non-hydrogen) atoms. The standard InChI is InChI=1S/C35H46F3N3O6/c1-8-40(28-22-39(32(44)47-33(2,3)4)18-16-24(28)23-14-10-9-11-15-23)30(42)25-20-27-29(21-26(25)35(36,37)38)46-34(5,6)31(43)41(27)17-12-13-19-45-7/h9-11,14-15,20-21,24,28H,8,12-13,16-19,22H2,1-7H3/t24-,28-/m0/s1. The van der Waals surface area contributed by atoms with Gasteiger partial charge in [0.25, 0.3) is 11.8 Å². The number of methoxy groups -OCH3 is 1. The average molecular weight is 662 g/mol. The molecule has 12 heteroatoms. The molecule has 2 atom stereocenters. The number of hydrogen-bond donors (Lipinski definition) is 0. The summed E-state index contributed by atoms with van der Waals surface area (Å²) in [5, 5.41) is 0. The largest absolute Gasteiger partial charge is 0.476 e. The molecule has 2 aromatic carbocycles. The molecule has 258 valence electrons. The molecule has 0 aromatic heterocycles. The molecule has 0 spiro atoms. The second-order valence-electron chi connectivity index (χ2n) is 13.5. The van der Waals surface area contributed by atoms with E-state index >= 15 is 0 Å². The first-order chi connectivity index (χ1) is 22.0. The lowest BCUT2D eigenvalue weighted by molar-refractivity contribution is -0.138. The van der Waals surface area contributed by atoms with Crippen molar-refractivity contribution in [3.8, 4) is 5.75 Å². The van der Waals surface area contributed by atoms with E-state index in [2.05, 4.69) is 0 Å². The summed E-state index contributed by atoms with van der Waals surface area (Å²) in [6.07, 6.45) is -3.82. The number of alkyl halides is 3. The highest BCUT2D eigenvalue weighted by atomic mass is 19.4. The van der Waals surface area contributed by atoms with Gasteiger partial charge in [0, 0.05) is 45.8 Å². The van der Waals surface area contributed by atoms with E-state index in [4.69, 9.17) is 14.2 Å². The smallest absolute Gasteiger partial charge is 0.417 e. The molecular weight excluding hydrogens is 615 g/mol. The number of likely N-dealkylation sites (N-methyl/N-ethyl adjacent to an activating group) is 1. The molecule has 2 aliphatic heterocycles. The van der Waals surface area contributed by atoms with Gasteiger partial charge in [-0.1, -0.05) is 30.3 Å². The van der Waals surface area contributed by atoms with E-state index in [1.807, 2.05) is 30.3 Å². The molecule has 2 heterocycles. The van der Waals surface area contributed by atoms with Gasteiger partial charge >= 0.3 is 12.3 Å². The topological polar surface area (TPSA) is 88.6 Å². The highest BCUT2D eigenvalue weighted by Crippen LogP contribution is 2.45. The SMILES string of the molecule is CCN(C(=O)c1cc2c(cc1C(F)(F)F)OC(C)(C)C(=O)N2CCCCOC)[C@H]1CN(C(=O)OC(C)(C)C)CC[C@H]1c1ccccc1. The van der Waals surface area contributed by atoms with Crippen LogP contribution >= 0.6 is 0 Å². The number of carbonyl (C=O) groups excluding carboxylic acids is 3. The molecule has 1 saturated heterocycles.